The lowest BCUT2D eigenvalue weighted by atomic mass is 10.1. The second kappa shape index (κ2) is 7.38. The van der Waals surface area contributed by atoms with E-state index in [1.54, 1.807) is 0 Å². The summed E-state index contributed by atoms with van der Waals surface area (Å²) in [4.78, 5) is 9.57. The molecule has 3 aromatic rings. The van der Waals surface area contributed by atoms with Gasteiger partial charge >= 0.3 is 0 Å². The highest BCUT2D eigenvalue weighted by atomic mass is 35.5. The first-order chi connectivity index (χ1) is 10.8. The Balaban J connectivity index is 1.64. The van der Waals surface area contributed by atoms with Crippen molar-refractivity contribution < 1.29 is 0 Å². The average Bonchev–Trinajstić information content (AvgIpc) is 2.98. The fraction of sp³-hybridized carbons (Fsp3) is 0.176. The Morgan fingerprint density at radius 2 is 1.86 bits per heavy atom. The van der Waals surface area contributed by atoms with Crippen LogP contribution in [0.3, 0.4) is 0 Å². The van der Waals surface area contributed by atoms with Crippen molar-refractivity contribution in [3.63, 3.8) is 0 Å². The van der Waals surface area contributed by atoms with E-state index >= 15 is 0 Å². The molecule has 3 nitrogen and oxygen atoms in total. The molecule has 5 heteroatoms. The lowest BCUT2D eigenvalue weighted by molar-refractivity contribution is 0.912. The van der Waals surface area contributed by atoms with Gasteiger partial charge in [0.15, 0.2) is 4.47 Å². The normalized spacial score (nSPS) is 10.6. The summed E-state index contributed by atoms with van der Waals surface area (Å²) in [6.07, 6.45) is 5.55. The fourth-order valence-corrected chi connectivity index (χ4v) is 3.18. The predicted molar refractivity (Wildman–Crippen MR) is 92.5 cm³/mol. The summed E-state index contributed by atoms with van der Waals surface area (Å²) >= 11 is 7.37. The van der Waals surface area contributed by atoms with Crippen LogP contribution < -0.4 is 5.32 Å². The van der Waals surface area contributed by atoms with Gasteiger partial charge in [-0.15, -0.1) is 11.3 Å². The lowest BCUT2D eigenvalue weighted by Crippen LogP contribution is -2.02. The summed E-state index contributed by atoms with van der Waals surface area (Å²) in [5, 5.41) is 3.47. The van der Waals surface area contributed by atoms with E-state index in [0.29, 0.717) is 4.47 Å². The van der Waals surface area contributed by atoms with Crippen LogP contribution in [-0.4, -0.2) is 9.97 Å². The largest absolute Gasteiger partial charge is 0.380 e. The van der Waals surface area contributed by atoms with Gasteiger partial charge in [0.25, 0.3) is 0 Å². The van der Waals surface area contributed by atoms with Gasteiger partial charge in [0, 0.05) is 28.7 Å². The van der Waals surface area contributed by atoms with Crippen molar-refractivity contribution in [3.8, 4) is 0 Å². The zero-order valence-electron chi connectivity index (χ0n) is 12.0. The summed E-state index contributed by atoms with van der Waals surface area (Å²) in [6.45, 7) is 0.741. The number of hydrogen-bond donors (Lipinski definition) is 1. The summed E-state index contributed by atoms with van der Waals surface area (Å²) in [6, 6.07) is 14.4. The number of benzene rings is 1. The Morgan fingerprint density at radius 3 is 2.64 bits per heavy atom. The van der Waals surface area contributed by atoms with E-state index in [1.165, 1.54) is 16.9 Å². The van der Waals surface area contributed by atoms with E-state index in [4.69, 9.17) is 11.6 Å². The number of nitrogens with zero attached hydrogens (tertiary/aromatic N) is 2. The molecular weight excluding hydrogens is 314 g/mol. The van der Waals surface area contributed by atoms with Crippen molar-refractivity contribution in [2.24, 2.45) is 0 Å². The minimum atomic E-state index is 0.584. The van der Waals surface area contributed by atoms with Gasteiger partial charge in [-0.3, -0.25) is 4.98 Å². The van der Waals surface area contributed by atoms with Crippen LogP contribution in [0.2, 0.25) is 4.47 Å². The van der Waals surface area contributed by atoms with Gasteiger partial charge in [0.05, 0.1) is 6.54 Å². The second-order valence-corrected chi connectivity index (χ2v) is 6.61. The van der Waals surface area contributed by atoms with Crippen LogP contribution in [0.15, 0.2) is 54.9 Å². The minimum absolute atomic E-state index is 0.584. The molecule has 112 valence electrons. The Hall–Kier alpha value is -1.91. The van der Waals surface area contributed by atoms with Gasteiger partial charge in [-0.05, 0) is 36.6 Å². The third-order valence-corrected chi connectivity index (χ3v) is 4.49. The van der Waals surface area contributed by atoms with E-state index in [2.05, 4.69) is 39.6 Å². The molecule has 0 aliphatic carbocycles. The summed E-state index contributed by atoms with van der Waals surface area (Å²) in [5.74, 6) is 0. The van der Waals surface area contributed by atoms with Gasteiger partial charge in [0.1, 0.15) is 0 Å². The molecule has 0 fully saturated rings. The maximum Gasteiger partial charge on any atom is 0.183 e. The van der Waals surface area contributed by atoms with Crippen molar-refractivity contribution >= 4 is 28.6 Å². The molecular formula is C17H16ClN3S. The molecule has 22 heavy (non-hydrogen) atoms. The third-order valence-electron chi connectivity index (χ3n) is 3.37. The van der Waals surface area contributed by atoms with Crippen molar-refractivity contribution in [3.05, 3.63) is 75.5 Å². The molecule has 0 unspecified atom stereocenters. The van der Waals surface area contributed by atoms with E-state index < -0.39 is 0 Å². The molecule has 0 bridgehead atoms. The molecule has 2 aromatic heterocycles. The first-order valence-electron chi connectivity index (χ1n) is 7.13. The van der Waals surface area contributed by atoms with Gasteiger partial charge in [-0.1, -0.05) is 35.9 Å². The molecule has 0 aliphatic rings. The SMILES string of the molecule is Clc1ncc(CNc2ccccc2CCc2ccccn2)s1. The molecule has 1 N–H and O–H groups in total. The van der Waals surface area contributed by atoms with Crippen LogP contribution in [0.25, 0.3) is 0 Å². The Bertz CT molecular complexity index is 728. The van der Waals surface area contributed by atoms with E-state index in [1.807, 2.05) is 30.6 Å². The number of halogens is 1. The van der Waals surface area contributed by atoms with Gasteiger partial charge in [-0.25, -0.2) is 4.98 Å². The molecule has 1 aromatic carbocycles. The van der Waals surface area contributed by atoms with Crippen molar-refractivity contribution in [1.29, 1.82) is 0 Å². The first-order valence-corrected chi connectivity index (χ1v) is 8.32. The monoisotopic (exact) mass is 329 g/mol. The molecule has 3 rings (SSSR count). The van der Waals surface area contributed by atoms with E-state index in [0.717, 1.165) is 35.6 Å². The van der Waals surface area contributed by atoms with Gasteiger partial charge < -0.3 is 5.32 Å². The molecule has 2 heterocycles. The van der Waals surface area contributed by atoms with Crippen molar-refractivity contribution in [2.75, 3.05) is 5.32 Å². The van der Waals surface area contributed by atoms with Crippen LogP contribution in [0.4, 0.5) is 5.69 Å². The number of para-hydroxylation sites is 1. The highest BCUT2D eigenvalue weighted by Gasteiger charge is 2.04. The van der Waals surface area contributed by atoms with Crippen LogP contribution in [0.5, 0.6) is 0 Å². The number of nitrogens with one attached hydrogen (secondary N) is 1. The number of aryl methyl sites for hydroxylation is 2. The van der Waals surface area contributed by atoms with Crippen LogP contribution >= 0.6 is 22.9 Å². The van der Waals surface area contributed by atoms with Crippen molar-refractivity contribution in [1.82, 2.24) is 9.97 Å². The van der Waals surface area contributed by atoms with Gasteiger partial charge in [-0.2, -0.15) is 0 Å². The Kier molecular flexibility index (Phi) is 5.03. The minimum Gasteiger partial charge on any atom is -0.380 e. The average molecular weight is 330 g/mol. The smallest absolute Gasteiger partial charge is 0.183 e. The summed E-state index contributed by atoms with van der Waals surface area (Å²) in [7, 11) is 0. The molecule has 0 aliphatic heterocycles. The molecule has 0 saturated heterocycles. The number of pyridine rings is 1. The maximum absolute atomic E-state index is 5.86. The maximum atomic E-state index is 5.86. The third kappa shape index (κ3) is 4.06. The Morgan fingerprint density at radius 1 is 1.00 bits per heavy atom. The van der Waals surface area contributed by atoms with Crippen LogP contribution in [0, 0.1) is 0 Å². The summed E-state index contributed by atoms with van der Waals surface area (Å²) in [5.41, 5.74) is 3.57. The molecule has 0 radical (unpaired) electrons. The second-order valence-electron chi connectivity index (χ2n) is 4.91. The molecule has 0 atom stereocenters. The van der Waals surface area contributed by atoms with Crippen molar-refractivity contribution in [2.45, 2.75) is 19.4 Å². The molecule has 0 amide bonds. The number of hydrogen-bond acceptors (Lipinski definition) is 4. The van der Waals surface area contributed by atoms with E-state index in [9.17, 15) is 0 Å². The molecule has 0 saturated carbocycles. The number of rotatable bonds is 6. The topological polar surface area (TPSA) is 37.8 Å². The fourth-order valence-electron chi connectivity index (χ4n) is 2.27. The Labute approximate surface area is 139 Å². The quantitative estimate of drug-likeness (QED) is 0.718. The van der Waals surface area contributed by atoms with Crippen LogP contribution in [-0.2, 0) is 19.4 Å². The number of aromatic nitrogens is 2. The number of anilines is 1. The summed E-state index contributed by atoms with van der Waals surface area (Å²) < 4.78 is 0.584. The number of thiazole rings is 1. The van der Waals surface area contributed by atoms with Crippen LogP contribution in [0.1, 0.15) is 16.1 Å². The predicted octanol–water partition coefficient (Wildman–Crippen LogP) is 4.59. The standard InChI is InChI=1S/C17H16ClN3S/c18-17-21-12-15(22-17)11-20-16-7-2-1-5-13(16)8-9-14-6-3-4-10-19-14/h1-7,10,12,20H,8-9,11H2. The highest BCUT2D eigenvalue weighted by Crippen LogP contribution is 2.21. The van der Waals surface area contributed by atoms with E-state index in [-0.39, 0.29) is 0 Å². The van der Waals surface area contributed by atoms with Gasteiger partial charge in [0.2, 0.25) is 0 Å². The highest BCUT2D eigenvalue weighted by molar-refractivity contribution is 7.15. The zero-order valence-corrected chi connectivity index (χ0v) is 13.6. The lowest BCUT2D eigenvalue weighted by Gasteiger charge is -2.11. The molecule has 0 spiro atoms. The first kappa shape index (κ1) is 15.0. The zero-order chi connectivity index (χ0) is 15.2.